The summed E-state index contributed by atoms with van der Waals surface area (Å²) in [7, 11) is 4.04. The number of halogens is 1. The van der Waals surface area contributed by atoms with Crippen LogP contribution in [0.5, 0.6) is 0 Å². The largest absolute Gasteiger partial charge is 0.399 e. The zero-order chi connectivity index (χ0) is 31.8. The number of nitrogens with one attached hydrogen (secondary N) is 1. The van der Waals surface area contributed by atoms with Crippen LogP contribution in [0.2, 0.25) is 0 Å². The van der Waals surface area contributed by atoms with E-state index in [9.17, 15) is 19.4 Å². The molecule has 3 unspecified atom stereocenters. The fourth-order valence-corrected chi connectivity index (χ4v) is 7.48. The van der Waals surface area contributed by atoms with Gasteiger partial charge >= 0.3 is 0 Å². The molecule has 1 amide bonds. The van der Waals surface area contributed by atoms with E-state index in [-0.39, 0.29) is 30.4 Å². The molecule has 1 aromatic carbocycles. The maximum absolute atomic E-state index is 13.7. The molecule has 1 fully saturated rings. The molecule has 3 aliphatic rings. The summed E-state index contributed by atoms with van der Waals surface area (Å²) >= 11 is 5.49. The van der Waals surface area contributed by atoms with Crippen LogP contribution in [0.4, 0.5) is 4.39 Å². The predicted molar refractivity (Wildman–Crippen MR) is 179 cm³/mol. The molecule has 1 aromatic rings. The Labute approximate surface area is 270 Å². The second kappa shape index (κ2) is 16.1. The van der Waals surface area contributed by atoms with Gasteiger partial charge in [0, 0.05) is 37.8 Å². The summed E-state index contributed by atoms with van der Waals surface area (Å²) in [6.45, 7) is 5.57. The topological polar surface area (TPSA) is 109 Å². The second-order valence-corrected chi connectivity index (χ2v) is 13.3. The number of allylic oxidation sites excluding steroid dienone is 3. The molecule has 242 valence electrons. The number of nitrogens with two attached hydrogens (primary N) is 1. The van der Waals surface area contributed by atoms with Crippen LogP contribution in [-0.2, 0) is 4.79 Å². The number of aliphatic hydroxyl groups is 2. The Morgan fingerprint density at radius 2 is 2.00 bits per heavy atom. The van der Waals surface area contributed by atoms with Gasteiger partial charge in [-0.2, -0.15) is 0 Å². The average Bonchev–Trinajstić information content (AvgIpc) is 3.17. The number of nitrogens with zero attached hydrogens (tertiary/aromatic N) is 4. The predicted octanol–water partition coefficient (Wildman–Crippen LogP) is 3.18. The third kappa shape index (κ3) is 8.54. The quantitative estimate of drug-likeness (QED) is 0.183. The number of benzene rings is 1. The molecule has 3 atom stereocenters. The van der Waals surface area contributed by atoms with E-state index in [1.165, 1.54) is 17.7 Å². The molecule has 0 saturated carbocycles. The van der Waals surface area contributed by atoms with E-state index < -0.39 is 5.44 Å². The molecule has 0 radical (unpaired) electrons. The molecule has 0 spiro atoms. The Bertz CT molecular complexity index is 1270. The maximum Gasteiger partial charge on any atom is 0.234 e. The van der Waals surface area contributed by atoms with Crippen LogP contribution in [0.1, 0.15) is 38.2 Å². The van der Waals surface area contributed by atoms with Crippen molar-refractivity contribution >= 4 is 36.0 Å². The first kappa shape index (κ1) is 34.2. The third-order valence-electron chi connectivity index (χ3n) is 8.41. The number of likely N-dealkylation sites (tertiary alicyclic amines) is 1. The van der Waals surface area contributed by atoms with E-state index in [1.54, 1.807) is 23.9 Å². The lowest BCUT2D eigenvalue weighted by Crippen LogP contribution is -2.45. The van der Waals surface area contributed by atoms with Gasteiger partial charge in [0.25, 0.3) is 0 Å². The van der Waals surface area contributed by atoms with Crippen LogP contribution in [0, 0.1) is 11.7 Å². The van der Waals surface area contributed by atoms with Gasteiger partial charge in [0.15, 0.2) is 5.50 Å². The SMILES string of the molecule is CC/C(N)=C(/N1CC=CC(C2CCCN(CC(=O)NCC(O)S)CC2)=CC1)N(C)C1SC(CO)=C(c2ccc(F)cc2)N1C. The number of carbonyl (C=O) groups excluding carboxylic acids is 1. The standard InChI is InChI=1S/C32H47FN6O3S2/c1-4-26(34)31(37(3)32-36(2)30(27(21-40)44-32)24-9-11-25(33)12-10-24)39-16-6-8-23(14-18-39)22-7-5-15-38(17-13-22)20-28(41)35-19-29(42)43/h6,8-12,14,22,29,32,40,42-43H,4-5,7,13,15-21,34H2,1-3H3,(H,35,41)/b31-26-. The van der Waals surface area contributed by atoms with Gasteiger partial charge in [0.05, 0.1) is 25.4 Å². The summed E-state index contributed by atoms with van der Waals surface area (Å²) in [6, 6.07) is 6.39. The number of aliphatic hydroxyl groups excluding tert-OH is 2. The molecule has 44 heavy (non-hydrogen) atoms. The molecule has 0 aliphatic carbocycles. The highest BCUT2D eigenvalue weighted by molar-refractivity contribution is 8.04. The Balaban J connectivity index is 1.44. The Morgan fingerprint density at radius 3 is 2.68 bits per heavy atom. The van der Waals surface area contributed by atoms with Gasteiger partial charge in [-0.1, -0.05) is 36.9 Å². The number of hydrogen-bond donors (Lipinski definition) is 5. The van der Waals surface area contributed by atoms with E-state index in [0.717, 1.165) is 60.0 Å². The van der Waals surface area contributed by atoms with Crippen molar-refractivity contribution in [1.82, 2.24) is 24.9 Å². The molecule has 0 aromatic heterocycles. The maximum atomic E-state index is 13.7. The van der Waals surface area contributed by atoms with E-state index in [0.29, 0.717) is 32.0 Å². The molecule has 1 saturated heterocycles. The highest BCUT2D eigenvalue weighted by Crippen LogP contribution is 2.44. The molecular formula is C32H47FN6O3S2. The van der Waals surface area contributed by atoms with Gasteiger partial charge in [0.2, 0.25) is 5.91 Å². The van der Waals surface area contributed by atoms with E-state index >= 15 is 0 Å². The first-order chi connectivity index (χ1) is 21.1. The van der Waals surface area contributed by atoms with Crippen molar-refractivity contribution in [2.24, 2.45) is 11.7 Å². The van der Waals surface area contributed by atoms with Crippen LogP contribution in [0.25, 0.3) is 5.70 Å². The van der Waals surface area contributed by atoms with E-state index in [1.807, 2.05) is 14.1 Å². The minimum absolute atomic E-state index is 0.0881. The summed E-state index contributed by atoms with van der Waals surface area (Å²) in [5.41, 5.74) is 9.57. The minimum atomic E-state index is -0.852. The monoisotopic (exact) mass is 646 g/mol. The number of thiol groups is 1. The molecule has 3 aliphatic heterocycles. The van der Waals surface area contributed by atoms with Crippen LogP contribution in [0.15, 0.2) is 64.5 Å². The fraction of sp³-hybridized carbons (Fsp3) is 0.531. The van der Waals surface area contributed by atoms with Crippen LogP contribution in [-0.4, -0.2) is 107 Å². The fourth-order valence-electron chi connectivity index (χ4n) is 6.17. The zero-order valence-electron chi connectivity index (χ0n) is 26.0. The lowest BCUT2D eigenvalue weighted by molar-refractivity contribution is -0.122. The smallest absolute Gasteiger partial charge is 0.234 e. The van der Waals surface area contributed by atoms with Crippen molar-refractivity contribution in [2.75, 3.05) is 60.0 Å². The number of amides is 1. The second-order valence-electron chi connectivity index (χ2n) is 11.5. The van der Waals surface area contributed by atoms with Crippen LogP contribution < -0.4 is 11.1 Å². The molecule has 5 N–H and O–H groups in total. The molecule has 0 bridgehead atoms. The molecule has 3 heterocycles. The summed E-state index contributed by atoms with van der Waals surface area (Å²) in [4.78, 5) is 21.9. The van der Waals surface area contributed by atoms with Gasteiger partial charge in [-0.3, -0.25) is 9.69 Å². The molecular weight excluding hydrogens is 600 g/mol. The Morgan fingerprint density at radius 1 is 1.25 bits per heavy atom. The normalized spacial score (nSPS) is 22.8. The van der Waals surface area contributed by atoms with Crippen molar-refractivity contribution in [3.63, 3.8) is 0 Å². The Kier molecular flexibility index (Phi) is 12.5. The van der Waals surface area contributed by atoms with E-state index in [2.05, 4.69) is 62.7 Å². The van der Waals surface area contributed by atoms with Gasteiger partial charge in [-0.15, -0.1) is 12.6 Å². The van der Waals surface area contributed by atoms with Gasteiger partial charge in [0.1, 0.15) is 17.1 Å². The first-order valence-electron chi connectivity index (χ1n) is 15.3. The molecule has 12 heteroatoms. The van der Waals surface area contributed by atoms with Crippen molar-refractivity contribution in [3.8, 4) is 0 Å². The van der Waals surface area contributed by atoms with Gasteiger partial charge in [-0.25, -0.2) is 4.39 Å². The number of carbonyl (C=O) groups is 1. The van der Waals surface area contributed by atoms with Crippen molar-refractivity contribution in [1.29, 1.82) is 0 Å². The van der Waals surface area contributed by atoms with Crippen molar-refractivity contribution < 1.29 is 19.4 Å². The van der Waals surface area contributed by atoms with Crippen LogP contribution >= 0.6 is 24.4 Å². The van der Waals surface area contributed by atoms with Crippen molar-refractivity contribution in [2.45, 2.75) is 43.5 Å². The van der Waals surface area contributed by atoms with Crippen molar-refractivity contribution in [3.05, 3.63) is 75.9 Å². The molecule has 9 nitrogen and oxygen atoms in total. The zero-order valence-corrected chi connectivity index (χ0v) is 27.7. The molecule has 4 rings (SSSR count). The van der Waals surface area contributed by atoms with Crippen LogP contribution in [0.3, 0.4) is 0 Å². The summed E-state index contributed by atoms with van der Waals surface area (Å²) in [6.07, 6.45) is 10.5. The summed E-state index contributed by atoms with van der Waals surface area (Å²) in [5, 5.41) is 22.3. The first-order valence-corrected chi connectivity index (χ1v) is 16.7. The Hall–Kier alpha value is -2.64. The number of hydrogen-bond acceptors (Lipinski definition) is 10. The third-order valence-corrected chi connectivity index (χ3v) is 10.0. The number of thioether (sulfide) groups is 1. The number of rotatable bonds is 11. The lowest BCUT2D eigenvalue weighted by atomic mass is 9.91. The minimum Gasteiger partial charge on any atom is -0.399 e. The lowest BCUT2D eigenvalue weighted by Gasteiger charge is -2.40. The summed E-state index contributed by atoms with van der Waals surface area (Å²) < 4.78 is 13.7. The van der Waals surface area contributed by atoms with Gasteiger partial charge in [-0.05, 0) is 80.1 Å². The van der Waals surface area contributed by atoms with E-state index in [4.69, 9.17) is 5.73 Å². The summed E-state index contributed by atoms with van der Waals surface area (Å²) in [5.74, 6) is 0.994. The highest BCUT2D eigenvalue weighted by atomic mass is 32.2. The average molecular weight is 647 g/mol. The highest BCUT2D eigenvalue weighted by Gasteiger charge is 2.36. The van der Waals surface area contributed by atoms with Gasteiger partial charge < -0.3 is 36.0 Å².